The first kappa shape index (κ1) is 7.16. The van der Waals surface area contributed by atoms with Gasteiger partial charge in [-0.3, -0.25) is 4.79 Å². The van der Waals surface area contributed by atoms with Crippen LogP contribution in [0.1, 0.15) is 20.3 Å². The Morgan fingerprint density at radius 2 is 2.38 bits per heavy atom. The summed E-state index contributed by atoms with van der Waals surface area (Å²) >= 11 is 0. The van der Waals surface area contributed by atoms with Crippen molar-refractivity contribution in [1.29, 1.82) is 5.26 Å². The Bertz CT molecular complexity index is 123. The molecule has 0 fully saturated rings. The molecular formula is C6H9NO. The molecule has 0 spiro atoms. The predicted molar refractivity (Wildman–Crippen MR) is 30.1 cm³/mol. The first-order chi connectivity index (χ1) is 3.72. The van der Waals surface area contributed by atoms with Crippen molar-refractivity contribution in [3.63, 3.8) is 0 Å². The quantitative estimate of drug-likeness (QED) is 0.535. The van der Waals surface area contributed by atoms with E-state index < -0.39 is 5.92 Å². The van der Waals surface area contributed by atoms with Gasteiger partial charge < -0.3 is 0 Å². The number of ketones is 1. The third kappa shape index (κ3) is 1.74. The number of nitriles is 1. The largest absolute Gasteiger partial charge is 0.298 e. The van der Waals surface area contributed by atoms with Crippen molar-refractivity contribution in [2.24, 2.45) is 5.92 Å². The van der Waals surface area contributed by atoms with Crippen LogP contribution in [0.15, 0.2) is 0 Å². The maximum Gasteiger partial charge on any atom is 0.149 e. The summed E-state index contributed by atoms with van der Waals surface area (Å²) in [7, 11) is 0. The molecule has 44 valence electrons. The average Bonchev–Trinajstić information content (AvgIpc) is 1.84. The van der Waals surface area contributed by atoms with Gasteiger partial charge in [0.05, 0.1) is 6.07 Å². The third-order valence-electron chi connectivity index (χ3n) is 1.03. The molecule has 0 aliphatic heterocycles. The third-order valence-corrected chi connectivity index (χ3v) is 1.03. The van der Waals surface area contributed by atoms with Crippen molar-refractivity contribution in [2.75, 3.05) is 0 Å². The molecule has 0 aromatic rings. The minimum absolute atomic E-state index is 0.0208. The zero-order chi connectivity index (χ0) is 6.57. The average molecular weight is 111 g/mol. The Morgan fingerprint density at radius 3 is 2.50 bits per heavy atom. The van der Waals surface area contributed by atoms with Crippen LogP contribution in [-0.2, 0) is 4.79 Å². The molecule has 0 aromatic heterocycles. The topological polar surface area (TPSA) is 40.9 Å². The summed E-state index contributed by atoms with van der Waals surface area (Å²) in [6, 6.07) is 1.87. The Hall–Kier alpha value is -0.840. The molecule has 0 saturated heterocycles. The fourth-order valence-electron chi connectivity index (χ4n) is 0.378. The van der Waals surface area contributed by atoms with Gasteiger partial charge in [-0.1, -0.05) is 6.92 Å². The highest BCUT2D eigenvalue weighted by Gasteiger charge is 2.06. The van der Waals surface area contributed by atoms with Crippen LogP contribution in [0.3, 0.4) is 0 Å². The summed E-state index contributed by atoms with van der Waals surface area (Å²) < 4.78 is 0. The summed E-state index contributed by atoms with van der Waals surface area (Å²) in [6.45, 7) is 3.38. The fraction of sp³-hybridized carbons (Fsp3) is 0.667. The smallest absolute Gasteiger partial charge is 0.149 e. The molecule has 8 heavy (non-hydrogen) atoms. The normalized spacial score (nSPS) is 12.1. The van der Waals surface area contributed by atoms with Crippen LogP contribution < -0.4 is 0 Å². The molecule has 0 bridgehead atoms. The minimum Gasteiger partial charge on any atom is -0.298 e. The summed E-state index contributed by atoms with van der Waals surface area (Å²) in [5.74, 6) is -0.396. The molecular weight excluding hydrogens is 102 g/mol. The van der Waals surface area contributed by atoms with Crippen molar-refractivity contribution < 1.29 is 4.79 Å². The van der Waals surface area contributed by atoms with E-state index in [0.717, 1.165) is 0 Å². The molecule has 0 N–H and O–H groups in total. The summed E-state index contributed by atoms with van der Waals surface area (Å²) in [5, 5.41) is 8.17. The second kappa shape index (κ2) is 3.20. The van der Waals surface area contributed by atoms with Gasteiger partial charge in [-0.05, 0) is 6.92 Å². The molecule has 0 radical (unpaired) electrons. The van der Waals surface area contributed by atoms with E-state index in [1.54, 1.807) is 13.8 Å². The standard InChI is InChI=1S/C6H9NO/c1-3-6(8)5(2)4-7/h5H,3H2,1-2H3/t5-/m1/s1. The Labute approximate surface area is 49.1 Å². The van der Waals surface area contributed by atoms with E-state index in [-0.39, 0.29) is 5.78 Å². The fourth-order valence-corrected chi connectivity index (χ4v) is 0.378. The monoisotopic (exact) mass is 111 g/mol. The van der Waals surface area contributed by atoms with Crippen molar-refractivity contribution in [3.8, 4) is 6.07 Å². The van der Waals surface area contributed by atoms with Crippen molar-refractivity contribution >= 4 is 5.78 Å². The first-order valence-corrected chi connectivity index (χ1v) is 2.64. The second-order valence-electron chi connectivity index (χ2n) is 1.67. The van der Waals surface area contributed by atoms with Crippen LogP contribution >= 0.6 is 0 Å². The van der Waals surface area contributed by atoms with Crippen molar-refractivity contribution in [3.05, 3.63) is 0 Å². The van der Waals surface area contributed by atoms with E-state index in [1.165, 1.54) is 0 Å². The molecule has 1 atom stereocenters. The van der Waals surface area contributed by atoms with Gasteiger partial charge >= 0.3 is 0 Å². The lowest BCUT2D eigenvalue weighted by Gasteiger charge is -1.93. The molecule has 0 aliphatic rings. The van der Waals surface area contributed by atoms with Crippen LogP contribution in [0.25, 0.3) is 0 Å². The Morgan fingerprint density at radius 1 is 1.88 bits per heavy atom. The van der Waals surface area contributed by atoms with E-state index in [4.69, 9.17) is 5.26 Å². The van der Waals surface area contributed by atoms with E-state index >= 15 is 0 Å². The SMILES string of the molecule is CCC(=O)[C@H](C)C#N. The minimum atomic E-state index is -0.417. The number of hydrogen-bond acceptors (Lipinski definition) is 2. The maximum absolute atomic E-state index is 10.5. The Balaban J connectivity index is 3.68. The molecule has 0 rings (SSSR count). The number of rotatable bonds is 2. The lowest BCUT2D eigenvalue weighted by Crippen LogP contribution is -2.05. The number of Topliss-reactive ketones (excluding diaryl/α,β-unsaturated/α-hetero) is 1. The van der Waals surface area contributed by atoms with Crippen LogP contribution in [0, 0.1) is 17.2 Å². The lowest BCUT2D eigenvalue weighted by molar-refractivity contribution is -0.120. The molecule has 0 amide bonds. The van der Waals surface area contributed by atoms with E-state index in [2.05, 4.69) is 0 Å². The van der Waals surface area contributed by atoms with Gasteiger partial charge in [0.2, 0.25) is 0 Å². The van der Waals surface area contributed by atoms with Gasteiger partial charge in [0.1, 0.15) is 11.7 Å². The van der Waals surface area contributed by atoms with E-state index in [9.17, 15) is 4.79 Å². The second-order valence-corrected chi connectivity index (χ2v) is 1.67. The number of carbonyl (C=O) groups excluding carboxylic acids is 1. The van der Waals surface area contributed by atoms with Crippen molar-refractivity contribution in [1.82, 2.24) is 0 Å². The maximum atomic E-state index is 10.5. The summed E-state index contributed by atoms with van der Waals surface area (Å²) in [5.41, 5.74) is 0. The summed E-state index contributed by atoms with van der Waals surface area (Å²) in [4.78, 5) is 10.5. The van der Waals surface area contributed by atoms with Crippen molar-refractivity contribution in [2.45, 2.75) is 20.3 Å². The molecule has 2 nitrogen and oxygen atoms in total. The van der Waals surface area contributed by atoms with E-state index in [0.29, 0.717) is 6.42 Å². The highest BCUT2D eigenvalue weighted by atomic mass is 16.1. The van der Waals surface area contributed by atoms with Gasteiger partial charge in [0.15, 0.2) is 0 Å². The number of nitrogens with zero attached hydrogens (tertiary/aromatic N) is 1. The molecule has 0 unspecified atom stereocenters. The zero-order valence-electron chi connectivity index (χ0n) is 5.14. The van der Waals surface area contributed by atoms with Gasteiger partial charge in [0, 0.05) is 6.42 Å². The highest BCUT2D eigenvalue weighted by Crippen LogP contribution is 1.96. The van der Waals surface area contributed by atoms with Crippen LogP contribution in [0.5, 0.6) is 0 Å². The first-order valence-electron chi connectivity index (χ1n) is 2.64. The van der Waals surface area contributed by atoms with Gasteiger partial charge in [-0.25, -0.2) is 0 Å². The Kier molecular flexibility index (Phi) is 2.86. The highest BCUT2D eigenvalue weighted by molar-refractivity contribution is 5.82. The van der Waals surface area contributed by atoms with Crippen LogP contribution in [0.4, 0.5) is 0 Å². The van der Waals surface area contributed by atoms with Crippen LogP contribution in [-0.4, -0.2) is 5.78 Å². The number of carbonyl (C=O) groups is 1. The van der Waals surface area contributed by atoms with E-state index in [1.807, 2.05) is 6.07 Å². The molecule has 0 heterocycles. The molecule has 2 heteroatoms. The van der Waals surface area contributed by atoms with Gasteiger partial charge in [0.25, 0.3) is 0 Å². The number of hydrogen-bond donors (Lipinski definition) is 0. The molecule has 0 aromatic carbocycles. The summed E-state index contributed by atoms with van der Waals surface area (Å²) in [6.07, 6.45) is 0.467. The lowest BCUT2D eigenvalue weighted by atomic mass is 10.1. The predicted octanol–water partition coefficient (Wildman–Crippen LogP) is 1.13. The van der Waals surface area contributed by atoms with Gasteiger partial charge in [-0.15, -0.1) is 0 Å². The molecule has 0 aliphatic carbocycles. The van der Waals surface area contributed by atoms with Crippen LogP contribution in [0.2, 0.25) is 0 Å². The zero-order valence-corrected chi connectivity index (χ0v) is 5.14. The molecule has 0 saturated carbocycles. The van der Waals surface area contributed by atoms with Gasteiger partial charge in [-0.2, -0.15) is 5.26 Å².